The van der Waals surface area contributed by atoms with Crippen LogP contribution in [-0.2, 0) is 4.79 Å². The van der Waals surface area contributed by atoms with Gasteiger partial charge in [-0.15, -0.1) is 0 Å². The van der Waals surface area contributed by atoms with Gasteiger partial charge in [0.2, 0.25) is 12.7 Å². The number of carbonyl (C=O) groups is 2. The van der Waals surface area contributed by atoms with Crippen LogP contribution >= 0.6 is 0 Å². The van der Waals surface area contributed by atoms with Crippen LogP contribution < -0.4 is 19.7 Å². The largest absolute Gasteiger partial charge is 0.454 e. The Kier molecular flexibility index (Phi) is 5.92. The summed E-state index contributed by atoms with van der Waals surface area (Å²) in [6.07, 6.45) is 4.29. The molecule has 2 amide bonds. The van der Waals surface area contributed by atoms with Crippen LogP contribution in [0, 0.1) is 5.92 Å². The molecule has 1 N–H and O–H groups in total. The van der Waals surface area contributed by atoms with Crippen LogP contribution in [0.4, 0.5) is 5.69 Å². The number of pyridine rings is 1. The first-order chi connectivity index (χ1) is 16.5. The monoisotopic (exact) mass is 457 g/mol. The average Bonchev–Trinajstić information content (AvgIpc) is 3.32. The number of hydrogen-bond donors (Lipinski definition) is 1. The second kappa shape index (κ2) is 9.17. The number of hydrogen-bond acceptors (Lipinski definition) is 5. The fourth-order valence-electron chi connectivity index (χ4n) is 4.62. The van der Waals surface area contributed by atoms with Gasteiger partial charge in [-0.3, -0.25) is 19.5 Å². The molecule has 7 heteroatoms. The van der Waals surface area contributed by atoms with Crippen LogP contribution in [0.1, 0.15) is 53.7 Å². The lowest BCUT2D eigenvalue weighted by molar-refractivity contribution is -0.123. The maximum atomic E-state index is 13.9. The molecule has 7 nitrogen and oxygen atoms in total. The summed E-state index contributed by atoms with van der Waals surface area (Å²) >= 11 is 0. The van der Waals surface area contributed by atoms with Gasteiger partial charge in [-0.05, 0) is 47.7 Å². The molecule has 2 aromatic carbocycles. The molecule has 0 unspecified atom stereocenters. The fourth-order valence-corrected chi connectivity index (χ4v) is 4.62. The quantitative estimate of drug-likeness (QED) is 0.591. The minimum atomic E-state index is -0.601. The number of amides is 2. The van der Waals surface area contributed by atoms with Crippen molar-refractivity contribution >= 4 is 17.5 Å². The minimum absolute atomic E-state index is 0.111. The van der Waals surface area contributed by atoms with E-state index in [1.54, 1.807) is 35.5 Å². The Morgan fingerprint density at radius 1 is 1.12 bits per heavy atom. The third-order valence-electron chi connectivity index (χ3n) is 6.30. The molecule has 2 aliphatic rings. The van der Waals surface area contributed by atoms with Gasteiger partial charge in [-0.2, -0.15) is 0 Å². The van der Waals surface area contributed by atoms with E-state index >= 15 is 0 Å². The van der Waals surface area contributed by atoms with Crippen LogP contribution in [-0.4, -0.2) is 30.1 Å². The summed E-state index contributed by atoms with van der Waals surface area (Å²) in [7, 11) is 0. The van der Waals surface area contributed by atoms with E-state index in [1.165, 1.54) is 0 Å². The summed E-state index contributed by atoms with van der Waals surface area (Å²) in [6.45, 7) is 4.97. The van der Waals surface area contributed by atoms with Crippen molar-refractivity contribution < 1.29 is 19.1 Å². The van der Waals surface area contributed by atoms with Crippen LogP contribution in [0.25, 0.3) is 0 Å². The standard InChI is InChI=1S/C27H27N3O4/c1-17(2)11-13-29-26(31)24-20-7-3-4-8-21(20)27(32)30(25(24)18-6-5-12-28-15-18)19-9-10-22-23(14-19)34-16-33-22/h3-10,12,14-15,17,24-25H,11,13,16H2,1-2H3,(H,29,31)/t24-,25+/m1/s1. The Morgan fingerprint density at radius 3 is 2.74 bits per heavy atom. The number of aromatic nitrogens is 1. The molecule has 2 atom stereocenters. The van der Waals surface area contributed by atoms with Crippen molar-refractivity contribution in [2.75, 3.05) is 18.2 Å². The third-order valence-corrected chi connectivity index (χ3v) is 6.30. The number of nitrogens with one attached hydrogen (secondary N) is 1. The lowest BCUT2D eigenvalue weighted by Crippen LogP contribution is -2.47. The highest BCUT2D eigenvalue weighted by Crippen LogP contribution is 2.46. The number of ether oxygens (including phenoxy) is 2. The molecule has 1 aromatic heterocycles. The van der Waals surface area contributed by atoms with Gasteiger partial charge < -0.3 is 14.8 Å². The Labute approximate surface area is 198 Å². The van der Waals surface area contributed by atoms with E-state index in [-0.39, 0.29) is 18.6 Å². The first-order valence-corrected chi connectivity index (χ1v) is 11.5. The first-order valence-electron chi connectivity index (χ1n) is 11.5. The van der Waals surface area contributed by atoms with Crippen LogP contribution in [0.2, 0.25) is 0 Å². The van der Waals surface area contributed by atoms with E-state index in [0.29, 0.717) is 35.2 Å². The Balaban J connectivity index is 1.64. The van der Waals surface area contributed by atoms with Gasteiger partial charge >= 0.3 is 0 Å². The topological polar surface area (TPSA) is 80.8 Å². The number of nitrogens with zero attached hydrogens (tertiary/aromatic N) is 2. The molecule has 3 aromatic rings. The summed E-state index contributed by atoms with van der Waals surface area (Å²) in [5.74, 6) is 0.798. The van der Waals surface area contributed by atoms with E-state index in [4.69, 9.17) is 9.47 Å². The smallest absolute Gasteiger partial charge is 0.259 e. The lowest BCUT2D eigenvalue weighted by Gasteiger charge is -2.41. The second-order valence-corrected chi connectivity index (χ2v) is 8.98. The van der Waals surface area contributed by atoms with Gasteiger partial charge in [0.15, 0.2) is 11.5 Å². The third kappa shape index (κ3) is 3.98. The van der Waals surface area contributed by atoms with Crippen LogP contribution in [0.15, 0.2) is 67.0 Å². The van der Waals surface area contributed by atoms with Gasteiger partial charge in [0.1, 0.15) is 0 Å². The van der Waals surface area contributed by atoms with Gasteiger partial charge in [0.05, 0.1) is 12.0 Å². The molecule has 0 spiro atoms. The maximum Gasteiger partial charge on any atom is 0.259 e. The molecule has 0 radical (unpaired) electrons. The fraction of sp³-hybridized carbons (Fsp3) is 0.296. The molecule has 0 aliphatic carbocycles. The number of fused-ring (bicyclic) bond motifs is 2. The molecule has 174 valence electrons. The molecule has 0 saturated heterocycles. The average molecular weight is 458 g/mol. The van der Waals surface area contributed by atoms with E-state index in [9.17, 15) is 9.59 Å². The summed E-state index contributed by atoms with van der Waals surface area (Å²) in [6, 6.07) is 15.9. The Hall–Kier alpha value is -3.87. The summed E-state index contributed by atoms with van der Waals surface area (Å²) < 4.78 is 11.0. The Bertz CT molecular complexity index is 1210. The van der Waals surface area contributed by atoms with Crippen molar-refractivity contribution in [2.45, 2.75) is 32.2 Å². The number of anilines is 1. The van der Waals surface area contributed by atoms with E-state index in [0.717, 1.165) is 17.5 Å². The van der Waals surface area contributed by atoms with Gasteiger partial charge in [-0.25, -0.2) is 0 Å². The predicted octanol–water partition coefficient (Wildman–Crippen LogP) is 4.46. The second-order valence-electron chi connectivity index (χ2n) is 8.98. The molecular formula is C27H27N3O4. The van der Waals surface area contributed by atoms with Crippen molar-refractivity contribution in [3.8, 4) is 11.5 Å². The highest BCUT2D eigenvalue weighted by Gasteiger charge is 2.45. The highest BCUT2D eigenvalue weighted by atomic mass is 16.7. The number of rotatable bonds is 6. The number of benzene rings is 2. The normalized spacial score (nSPS) is 18.7. The molecule has 0 fully saturated rings. The van der Waals surface area contributed by atoms with Crippen molar-refractivity contribution in [2.24, 2.45) is 5.92 Å². The van der Waals surface area contributed by atoms with Gasteiger partial charge in [-0.1, -0.05) is 38.1 Å². The molecule has 5 rings (SSSR count). The van der Waals surface area contributed by atoms with Crippen LogP contribution in [0.3, 0.4) is 0 Å². The molecular weight excluding hydrogens is 430 g/mol. The van der Waals surface area contributed by atoms with Crippen molar-refractivity contribution in [3.63, 3.8) is 0 Å². The molecule has 3 heterocycles. The van der Waals surface area contributed by atoms with E-state index in [1.807, 2.05) is 36.4 Å². The molecule has 0 saturated carbocycles. The van der Waals surface area contributed by atoms with Crippen LogP contribution in [0.5, 0.6) is 11.5 Å². The minimum Gasteiger partial charge on any atom is -0.454 e. The zero-order valence-corrected chi connectivity index (χ0v) is 19.2. The van der Waals surface area contributed by atoms with Gasteiger partial charge in [0.25, 0.3) is 5.91 Å². The number of carbonyl (C=O) groups excluding carboxylic acids is 2. The summed E-state index contributed by atoms with van der Waals surface area (Å²) in [4.78, 5) is 33.5. The molecule has 34 heavy (non-hydrogen) atoms. The van der Waals surface area contributed by atoms with Crippen molar-refractivity contribution in [1.29, 1.82) is 0 Å². The van der Waals surface area contributed by atoms with E-state index in [2.05, 4.69) is 24.1 Å². The van der Waals surface area contributed by atoms with Gasteiger partial charge in [0, 0.05) is 36.3 Å². The molecule has 0 bridgehead atoms. The first kappa shape index (κ1) is 21.9. The zero-order valence-electron chi connectivity index (χ0n) is 19.2. The SMILES string of the molecule is CC(C)CCNC(=O)[C@@H]1c2ccccc2C(=O)N(c2ccc3c(c2)OCO3)[C@H]1c1cccnc1. The zero-order chi connectivity index (χ0) is 23.7. The lowest BCUT2D eigenvalue weighted by atomic mass is 9.79. The molecule has 2 aliphatic heterocycles. The van der Waals surface area contributed by atoms with Crippen molar-refractivity contribution in [1.82, 2.24) is 10.3 Å². The maximum absolute atomic E-state index is 13.9. The summed E-state index contributed by atoms with van der Waals surface area (Å²) in [5.41, 5.74) is 2.66. The summed E-state index contributed by atoms with van der Waals surface area (Å²) in [5, 5.41) is 3.11. The Morgan fingerprint density at radius 2 is 1.94 bits per heavy atom. The predicted molar refractivity (Wildman–Crippen MR) is 128 cm³/mol. The van der Waals surface area contributed by atoms with Crippen molar-refractivity contribution in [3.05, 3.63) is 83.7 Å². The highest BCUT2D eigenvalue weighted by molar-refractivity contribution is 6.11. The van der Waals surface area contributed by atoms with E-state index < -0.39 is 12.0 Å².